The number of phenolic OH excluding ortho intramolecular Hbond substituents is 1. The maximum Gasteiger partial charge on any atom is 0.261 e. The van der Waals surface area contributed by atoms with Gasteiger partial charge in [-0.1, -0.05) is 11.2 Å². The molecule has 0 atom stereocenters. The van der Waals surface area contributed by atoms with Crippen molar-refractivity contribution in [2.45, 2.75) is 12.7 Å². The Kier molecular flexibility index (Phi) is 3.14. The van der Waals surface area contributed by atoms with E-state index in [1.807, 2.05) is 19.2 Å². The van der Waals surface area contributed by atoms with E-state index in [1.165, 1.54) is 0 Å². The Morgan fingerprint density at radius 2 is 2.25 bits per heavy atom. The third-order valence-electron chi connectivity index (χ3n) is 2.13. The molecule has 0 fully saturated rings. The smallest absolute Gasteiger partial charge is 0.261 e. The number of aromatic nitrogens is 2. The predicted octanol–water partition coefficient (Wildman–Crippen LogP) is 2.61. The SMILES string of the molecule is CSCc1noc(-c2ccc(C)cc2O)n1. The first-order valence-electron chi connectivity index (χ1n) is 4.82. The van der Waals surface area contributed by atoms with Crippen molar-refractivity contribution in [2.75, 3.05) is 6.26 Å². The Bertz CT molecular complexity index is 496. The summed E-state index contributed by atoms with van der Waals surface area (Å²) in [7, 11) is 0. The van der Waals surface area contributed by atoms with Gasteiger partial charge in [0, 0.05) is 0 Å². The number of rotatable bonds is 3. The number of hydrogen-bond acceptors (Lipinski definition) is 5. The first-order valence-corrected chi connectivity index (χ1v) is 6.21. The Balaban J connectivity index is 2.35. The van der Waals surface area contributed by atoms with Crippen LogP contribution in [0.3, 0.4) is 0 Å². The molecular weight excluding hydrogens is 224 g/mol. The molecule has 0 spiro atoms. The van der Waals surface area contributed by atoms with Crippen LogP contribution in [0.25, 0.3) is 11.5 Å². The lowest BCUT2D eigenvalue weighted by Crippen LogP contribution is -1.83. The zero-order valence-electron chi connectivity index (χ0n) is 9.10. The van der Waals surface area contributed by atoms with Crippen molar-refractivity contribution in [3.63, 3.8) is 0 Å². The summed E-state index contributed by atoms with van der Waals surface area (Å²) in [4.78, 5) is 4.20. The molecule has 0 unspecified atom stereocenters. The Morgan fingerprint density at radius 3 is 2.94 bits per heavy atom. The summed E-state index contributed by atoms with van der Waals surface area (Å²) in [6, 6.07) is 5.35. The van der Waals surface area contributed by atoms with Crippen LogP contribution in [-0.2, 0) is 5.75 Å². The lowest BCUT2D eigenvalue weighted by atomic mass is 10.1. The summed E-state index contributed by atoms with van der Waals surface area (Å²) in [6.07, 6.45) is 1.97. The average Bonchev–Trinajstić information content (AvgIpc) is 2.67. The van der Waals surface area contributed by atoms with Crippen molar-refractivity contribution in [1.82, 2.24) is 10.1 Å². The maximum atomic E-state index is 9.75. The highest BCUT2D eigenvalue weighted by Gasteiger charge is 2.12. The summed E-state index contributed by atoms with van der Waals surface area (Å²) in [6.45, 7) is 1.91. The van der Waals surface area contributed by atoms with Gasteiger partial charge in [0.1, 0.15) is 5.75 Å². The molecule has 2 rings (SSSR count). The third-order valence-corrected chi connectivity index (χ3v) is 2.67. The topological polar surface area (TPSA) is 59.2 Å². The first kappa shape index (κ1) is 11.0. The van der Waals surface area contributed by atoms with E-state index >= 15 is 0 Å². The van der Waals surface area contributed by atoms with E-state index in [9.17, 15) is 5.11 Å². The van der Waals surface area contributed by atoms with Crippen LogP contribution in [0.15, 0.2) is 22.7 Å². The molecule has 0 amide bonds. The highest BCUT2D eigenvalue weighted by atomic mass is 32.2. The number of thioether (sulfide) groups is 1. The molecule has 0 saturated carbocycles. The molecule has 0 radical (unpaired) electrons. The zero-order chi connectivity index (χ0) is 11.5. The fourth-order valence-corrected chi connectivity index (χ4v) is 1.75. The number of aryl methyl sites for hydroxylation is 1. The van der Waals surface area contributed by atoms with E-state index < -0.39 is 0 Å². The second-order valence-electron chi connectivity index (χ2n) is 3.47. The highest BCUT2D eigenvalue weighted by molar-refractivity contribution is 7.97. The fraction of sp³-hybridized carbons (Fsp3) is 0.273. The van der Waals surface area contributed by atoms with Crippen LogP contribution >= 0.6 is 11.8 Å². The van der Waals surface area contributed by atoms with Gasteiger partial charge in [-0.05, 0) is 30.9 Å². The van der Waals surface area contributed by atoms with Gasteiger partial charge in [0.05, 0.1) is 11.3 Å². The van der Waals surface area contributed by atoms with Gasteiger partial charge in [0.25, 0.3) is 5.89 Å². The molecule has 1 heterocycles. The van der Waals surface area contributed by atoms with Gasteiger partial charge in [-0.2, -0.15) is 16.7 Å². The zero-order valence-corrected chi connectivity index (χ0v) is 9.91. The van der Waals surface area contributed by atoms with E-state index in [2.05, 4.69) is 10.1 Å². The van der Waals surface area contributed by atoms with Crippen LogP contribution in [0.5, 0.6) is 5.75 Å². The van der Waals surface area contributed by atoms with Crippen LogP contribution in [0.4, 0.5) is 0 Å². The van der Waals surface area contributed by atoms with Gasteiger partial charge in [-0.25, -0.2) is 0 Å². The van der Waals surface area contributed by atoms with Crippen molar-refractivity contribution in [3.8, 4) is 17.2 Å². The Hall–Kier alpha value is -1.49. The molecule has 0 bridgehead atoms. The summed E-state index contributed by atoms with van der Waals surface area (Å²) < 4.78 is 5.09. The van der Waals surface area contributed by atoms with E-state index in [4.69, 9.17) is 4.52 Å². The molecule has 84 valence electrons. The molecule has 0 aliphatic heterocycles. The minimum Gasteiger partial charge on any atom is -0.507 e. The van der Waals surface area contributed by atoms with E-state index in [0.29, 0.717) is 23.0 Å². The van der Waals surface area contributed by atoms with Crippen LogP contribution < -0.4 is 0 Å². The van der Waals surface area contributed by atoms with Gasteiger partial charge in [-0.15, -0.1) is 0 Å². The molecule has 2 aromatic rings. The minimum atomic E-state index is 0.166. The summed E-state index contributed by atoms with van der Waals surface area (Å²) >= 11 is 1.62. The van der Waals surface area contributed by atoms with Gasteiger partial charge in [0.15, 0.2) is 5.82 Å². The highest BCUT2D eigenvalue weighted by Crippen LogP contribution is 2.28. The molecule has 5 heteroatoms. The lowest BCUT2D eigenvalue weighted by molar-refractivity contribution is 0.419. The van der Waals surface area contributed by atoms with Crippen LogP contribution in [0.2, 0.25) is 0 Å². The average molecular weight is 236 g/mol. The van der Waals surface area contributed by atoms with Crippen molar-refractivity contribution < 1.29 is 9.63 Å². The number of hydrogen-bond donors (Lipinski definition) is 1. The Labute approximate surface area is 97.7 Å². The van der Waals surface area contributed by atoms with Gasteiger partial charge >= 0.3 is 0 Å². The molecule has 0 saturated heterocycles. The minimum absolute atomic E-state index is 0.166. The van der Waals surface area contributed by atoms with Crippen LogP contribution in [0, 0.1) is 6.92 Å². The molecule has 1 aromatic heterocycles. The third kappa shape index (κ3) is 2.19. The first-order chi connectivity index (χ1) is 7.70. The quantitative estimate of drug-likeness (QED) is 0.887. The van der Waals surface area contributed by atoms with Crippen molar-refractivity contribution >= 4 is 11.8 Å². The number of nitrogens with zero attached hydrogens (tertiary/aromatic N) is 2. The molecular formula is C11H12N2O2S. The van der Waals surface area contributed by atoms with E-state index in [0.717, 1.165) is 5.56 Å². The Morgan fingerprint density at radius 1 is 1.44 bits per heavy atom. The predicted molar refractivity (Wildman–Crippen MR) is 63.4 cm³/mol. The van der Waals surface area contributed by atoms with E-state index in [1.54, 1.807) is 23.9 Å². The molecule has 1 N–H and O–H groups in total. The molecule has 0 aliphatic rings. The number of aromatic hydroxyl groups is 1. The maximum absolute atomic E-state index is 9.75. The van der Waals surface area contributed by atoms with Crippen molar-refractivity contribution in [1.29, 1.82) is 0 Å². The monoisotopic (exact) mass is 236 g/mol. The van der Waals surface area contributed by atoms with Crippen molar-refractivity contribution in [2.24, 2.45) is 0 Å². The van der Waals surface area contributed by atoms with Gasteiger partial charge in [-0.3, -0.25) is 0 Å². The summed E-state index contributed by atoms with van der Waals surface area (Å²) in [5.74, 6) is 1.87. The molecule has 16 heavy (non-hydrogen) atoms. The lowest BCUT2D eigenvalue weighted by Gasteiger charge is -1.99. The normalized spacial score (nSPS) is 10.6. The standard InChI is InChI=1S/C11H12N2O2S/c1-7-3-4-8(9(14)5-7)11-12-10(6-16-2)13-15-11/h3-5,14H,6H2,1-2H3. The largest absolute Gasteiger partial charge is 0.507 e. The van der Waals surface area contributed by atoms with Crippen molar-refractivity contribution in [3.05, 3.63) is 29.6 Å². The fourth-order valence-electron chi connectivity index (χ4n) is 1.37. The number of phenols is 1. The molecule has 4 nitrogen and oxygen atoms in total. The summed E-state index contributed by atoms with van der Waals surface area (Å²) in [5, 5.41) is 13.6. The number of benzene rings is 1. The van der Waals surface area contributed by atoms with Crippen LogP contribution in [-0.4, -0.2) is 21.5 Å². The molecule has 0 aliphatic carbocycles. The van der Waals surface area contributed by atoms with E-state index in [-0.39, 0.29) is 5.75 Å². The van der Waals surface area contributed by atoms with Gasteiger partial charge < -0.3 is 9.63 Å². The second kappa shape index (κ2) is 4.57. The van der Waals surface area contributed by atoms with Crippen LogP contribution in [0.1, 0.15) is 11.4 Å². The molecule has 1 aromatic carbocycles. The summed E-state index contributed by atoms with van der Waals surface area (Å²) in [5.41, 5.74) is 1.57. The second-order valence-corrected chi connectivity index (χ2v) is 4.34. The van der Waals surface area contributed by atoms with Gasteiger partial charge in [0.2, 0.25) is 0 Å².